The fraction of sp³-hybridized carbons (Fsp3) is 0.0833. The standard InChI is InChI=1S/C24H16F2N4O2S/c25-15-6-7-16(17(26)11-15)19-13-28-23(32-19)10-9-22(31)30-21-8-5-14(12-27-21)24-29-18-3-1-2-4-20(18)33-24/h1-8,11-13H,9-10H2,(H,27,30,31). The largest absolute Gasteiger partial charge is 0.441 e. The van der Waals surface area contributed by atoms with Gasteiger partial charge in [0.15, 0.2) is 11.7 Å². The number of thiazole rings is 1. The maximum atomic E-state index is 13.9. The molecule has 33 heavy (non-hydrogen) atoms. The molecule has 1 amide bonds. The normalized spacial score (nSPS) is 11.1. The second-order valence-electron chi connectivity index (χ2n) is 7.21. The van der Waals surface area contributed by atoms with Crippen LogP contribution in [0.3, 0.4) is 0 Å². The first kappa shape index (κ1) is 20.9. The van der Waals surface area contributed by atoms with Crippen molar-refractivity contribution >= 4 is 33.3 Å². The lowest BCUT2D eigenvalue weighted by atomic mass is 10.2. The molecular formula is C24H16F2N4O2S. The van der Waals surface area contributed by atoms with Crippen molar-refractivity contribution in [3.63, 3.8) is 0 Å². The van der Waals surface area contributed by atoms with Crippen molar-refractivity contribution in [3.8, 4) is 21.9 Å². The quantitative estimate of drug-likeness (QED) is 0.342. The molecule has 3 aromatic heterocycles. The molecule has 0 aliphatic rings. The highest BCUT2D eigenvalue weighted by molar-refractivity contribution is 7.21. The molecule has 3 heterocycles. The minimum atomic E-state index is -0.740. The average molecular weight is 462 g/mol. The van der Waals surface area contributed by atoms with Crippen molar-refractivity contribution in [3.05, 3.63) is 84.5 Å². The van der Waals surface area contributed by atoms with E-state index in [1.807, 2.05) is 30.3 Å². The van der Waals surface area contributed by atoms with Crippen LogP contribution in [-0.4, -0.2) is 20.9 Å². The predicted molar refractivity (Wildman–Crippen MR) is 122 cm³/mol. The Bertz CT molecular complexity index is 1410. The van der Waals surface area contributed by atoms with E-state index in [0.717, 1.165) is 32.9 Å². The number of anilines is 1. The average Bonchev–Trinajstić information content (AvgIpc) is 3.45. The number of para-hydroxylation sites is 1. The molecule has 0 spiro atoms. The van der Waals surface area contributed by atoms with Gasteiger partial charge in [0.2, 0.25) is 5.91 Å². The van der Waals surface area contributed by atoms with E-state index in [1.165, 1.54) is 12.3 Å². The molecule has 5 rings (SSSR count). The van der Waals surface area contributed by atoms with Crippen LogP contribution in [0.4, 0.5) is 14.6 Å². The Labute approximate surface area is 191 Å². The lowest BCUT2D eigenvalue weighted by Gasteiger charge is -2.04. The van der Waals surface area contributed by atoms with Gasteiger partial charge in [-0.2, -0.15) is 0 Å². The number of nitrogens with one attached hydrogen (secondary N) is 1. The zero-order chi connectivity index (χ0) is 22.8. The van der Waals surface area contributed by atoms with E-state index in [4.69, 9.17) is 4.42 Å². The first-order valence-corrected chi connectivity index (χ1v) is 10.9. The summed E-state index contributed by atoms with van der Waals surface area (Å²) in [4.78, 5) is 25.3. The predicted octanol–water partition coefficient (Wildman–Crippen LogP) is 5.86. The summed E-state index contributed by atoms with van der Waals surface area (Å²) in [6, 6.07) is 14.7. The Morgan fingerprint density at radius 2 is 1.91 bits per heavy atom. The van der Waals surface area contributed by atoms with Crippen molar-refractivity contribution in [1.29, 1.82) is 0 Å². The first-order valence-electron chi connectivity index (χ1n) is 10.1. The molecule has 0 bridgehead atoms. The second kappa shape index (κ2) is 8.87. The van der Waals surface area contributed by atoms with Crippen molar-refractivity contribution in [2.24, 2.45) is 0 Å². The number of hydrogen-bond acceptors (Lipinski definition) is 6. The first-order chi connectivity index (χ1) is 16.0. The molecule has 0 saturated carbocycles. The number of fused-ring (bicyclic) bond motifs is 1. The summed E-state index contributed by atoms with van der Waals surface area (Å²) in [6.45, 7) is 0. The summed E-state index contributed by atoms with van der Waals surface area (Å²) in [6.07, 6.45) is 3.35. The Hall–Kier alpha value is -3.98. The number of carbonyl (C=O) groups excluding carboxylic acids is 1. The number of aryl methyl sites for hydroxylation is 1. The molecule has 0 radical (unpaired) electrons. The second-order valence-corrected chi connectivity index (χ2v) is 8.24. The minimum absolute atomic E-state index is 0.104. The van der Waals surface area contributed by atoms with Gasteiger partial charge in [-0.1, -0.05) is 12.1 Å². The molecule has 1 N–H and O–H groups in total. The lowest BCUT2D eigenvalue weighted by molar-refractivity contribution is -0.116. The molecule has 0 atom stereocenters. The van der Waals surface area contributed by atoms with Crippen LogP contribution in [0.15, 0.2) is 71.4 Å². The van der Waals surface area contributed by atoms with E-state index >= 15 is 0 Å². The number of hydrogen-bond donors (Lipinski definition) is 1. The maximum Gasteiger partial charge on any atom is 0.226 e. The molecule has 164 valence electrons. The summed E-state index contributed by atoms with van der Waals surface area (Å²) in [5, 5.41) is 3.59. The Kier molecular flexibility index (Phi) is 5.62. The summed E-state index contributed by atoms with van der Waals surface area (Å²) >= 11 is 1.58. The Morgan fingerprint density at radius 3 is 2.70 bits per heavy atom. The Balaban J connectivity index is 1.19. The minimum Gasteiger partial charge on any atom is -0.441 e. The van der Waals surface area contributed by atoms with Crippen molar-refractivity contribution in [2.75, 3.05) is 5.32 Å². The SMILES string of the molecule is O=C(CCc1ncc(-c2ccc(F)cc2F)o1)Nc1ccc(-c2nc3ccccc3s2)cn1. The molecule has 5 aromatic rings. The van der Waals surface area contributed by atoms with E-state index in [9.17, 15) is 13.6 Å². The summed E-state index contributed by atoms with van der Waals surface area (Å²) in [7, 11) is 0. The lowest BCUT2D eigenvalue weighted by Crippen LogP contribution is -2.13. The number of rotatable bonds is 6. The zero-order valence-corrected chi connectivity index (χ0v) is 17.9. The number of aromatic nitrogens is 3. The highest BCUT2D eigenvalue weighted by Crippen LogP contribution is 2.30. The highest BCUT2D eigenvalue weighted by Gasteiger charge is 2.13. The van der Waals surface area contributed by atoms with Gasteiger partial charge in [-0.05, 0) is 36.4 Å². The smallest absolute Gasteiger partial charge is 0.226 e. The van der Waals surface area contributed by atoms with Crippen LogP contribution < -0.4 is 5.32 Å². The molecular weight excluding hydrogens is 446 g/mol. The molecule has 0 aliphatic carbocycles. The van der Waals surface area contributed by atoms with Gasteiger partial charge in [-0.15, -0.1) is 11.3 Å². The van der Waals surface area contributed by atoms with Crippen LogP contribution in [0, 0.1) is 11.6 Å². The molecule has 0 unspecified atom stereocenters. The molecule has 0 saturated heterocycles. The van der Waals surface area contributed by atoms with Gasteiger partial charge in [-0.3, -0.25) is 4.79 Å². The van der Waals surface area contributed by atoms with Crippen LogP contribution in [-0.2, 0) is 11.2 Å². The van der Waals surface area contributed by atoms with E-state index in [-0.39, 0.29) is 36.0 Å². The van der Waals surface area contributed by atoms with Gasteiger partial charge in [0, 0.05) is 30.7 Å². The number of carbonyl (C=O) groups is 1. The monoisotopic (exact) mass is 462 g/mol. The molecule has 9 heteroatoms. The maximum absolute atomic E-state index is 13.9. The molecule has 0 fully saturated rings. The third-order valence-electron chi connectivity index (χ3n) is 4.89. The highest BCUT2D eigenvalue weighted by atomic mass is 32.1. The summed E-state index contributed by atoms with van der Waals surface area (Å²) < 4.78 is 33.6. The number of pyridine rings is 1. The fourth-order valence-electron chi connectivity index (χ4n) is 3.26. The number of oxazole rings is 1. The van der Waals surface area contributed by atoms with Gasteiger partial charge in [-0.25, -0.2) is 23.7 Å². The van der Waals surface area contributed by atoms with Gasteiger partial charge in [0.05, 0.1) is 22.0 Å². The van der Waals surface area contributed by atoms with Crippen LogP contribution in [0.2, 0.25) is 0 Å². The van der Waals surface area contributed by atoms with E-state index in [1.54, 1.807) is 23.6 Å². The zero-order valence-electron chi connectivity index (χ0n) is 17.1. The third-order valence-corrected chi connectivity index (χ3v) is 5.97. The number of halogens is 2. The van der Waals surface area contributed by atoms with Gasteiger partial charge in [0.1, 0.15) is 22.5 Å². The van der Waals surface area contributed by atoms with Crippen molar-refractivity contribution < 1.29 is 18.0 Å². The van der Waals surface area contributed by atoms with E-state index in [2.05, 4.69) is 20.3 Å². The van der Waals surface area contributed by atoms with E-state index in [0.29, 0.717) is 5.82 Å². The molecule has 2 aromatic carbocycles. The number of benzene rings is 2. The van der Waals surface area contributed by atoms with E-state index < -0.39 is 11.6 Å². The summed E-state index contributed by atoms with van der Waals surface area (Å²) in [5.41, 5.74) is 1.92. The van der Waals surface area contributed by atoms with Crippen molar-refractivity contribution in [2.45, 2.75) is 12.8 Å². The fourth-order valence-corrected chi connectivity index (χ4v) is 4.21. The van der Waals surface area contributed by atoms with Crippen LogP contribution in [0.1, 0.15) is 12.3 Å². The Morgan fingerprint density at radius 1 is 1.03 bits per heavy atom. The van der Waals surface area contributed by atoms with Gasteiger partial charge < -0.3 is 9.73 Å². The van der Waals surface area contributed by atoms with Gasteiger partial charge >= 0.3 is 0 Å². The van der Waals surface area contributed by atoms with Crippen LogP contribution in [0.25, 0.3) is 32.1 Å². The summed E-state index contributed by atoms with van der Waals surface area (Å²) in [5.74, 6) is -0.794. The third kappa shape index (κ3) is 4.63. The molecule has 0 aliphatic heterocycles. The number of nitrogens with zero attached hydrogens (tertiary/aromatic N) is 3. The van der Waals surface area contributed by atoms with Gasteiger partial charge in [0.25, 0.3) is 0 Å². The number of amides is 1. The van der Waals surface area contributed by atoms with Crippen molar-refractivity contribution in [1.82, 2.24) is 15.0 Å². The molecule has 6 nitrogen and oxygen atoms in total. The van der Waals surface area contributed by atoms with Crippen LogP contribution >= 0.6 is 11.3 Å². The topological polar surface area (TPSA) is 80.9 Å². The van der Waals surface area contributed by atoms with Crippen LogP contribution in [0.5, 0.6) is 0 Å².